The van der Waals surface area contributed by atoms with Gasteiger partial charge in [-0.15, -0.1) is 0 Å². The molecule has 2 amide bonds. The van der Waals surface area contributed by atoms with E-state index in [1.54, 1.807) is 19.2 Å². The Hall–Kier alpha value is -2.71. The van der Waals surface area contributed by atoms with Gasteiger partial charge >= 0.3 is 0 Å². The number of benzene rings is 2. The van der Waals surface area contributed by atoms with Crippen molar-refractivity contribution in [2.45, 2.75) is 13.3 Å². The molecule has 1 N–H and O–H groups in total. The molecular formula is C21H19BrN2O4S. The van der Waals surface area contributed by atoms with Gasteiger partial charge in [0.25, 0.3) is 11.8 Å². The first-order chi connectivity index (χ1) is 13.9. The number of rotatable bonds is 5. The van der Waals surface area contributed by atoms with Crippen LogP contribution in [0.5, 0.6) is 11.5 Å². The first-order valence-electron chi connectivity index (χ1n) is 8.81. The minimum atomic E-state index is -0.560. The van der Waals surface area contributed by atoms with Gasteiger partial charge in [-0.2, -0.15) is 0 Å². The molecule has 0 bridgehead atoms. The summed E-state index contributed by atoms with van der Waals surface area (Å²) in [5, 5.41) is 2.63. The first kappa shape index (κ1) is 21.0. The molecule has 150 valence electrons. The maximum absolute atomic E-state index is 13.1. The van der Waals surface area contributed by atoms with Crippen LogP contribution in [-0.2, 0) is 16.0 Å². The van der Waals surface area contributed by atoms with E-state index in [1.807, 2.05) is 31.2 Å². The molecule has 0 atom stereocenters. The number of nitrogens with zero attached hydrogens (tertiary/aromatic N) is 1. The highest BCUT2D eigenvalue weighted by Gasteiger charge is 2.34. The molecule has 0 aromatic heterocycles. The molecule has 0 unspecified atom stereocenters. The molecule has 29 heavy (non-hydrogen) atoms. The molecule has 2 aromatic carbocycles. The average molecular weight is 475 g/mol. The van der Waals surface area contributed by atoms with Crippen LogP contribution in [0.2, 0.25) is 0 Å². The molecule has 1 heterocycles. The molecule has 8 heteroatoms. The Morgan fingerprint density at radius 1 is 1.10 bits per heavy atom. The van der Waals surface area contributed by atoms with Crippen molar-refractivity contribution < 1.29 is 19.1 Å². The van der Waals surface area contributed by atoms with Crippen LogP contribution in [0.15, 0.2) is 46.4 Å². The first-order valence-corrected chi connectivity index (χ1v) is 10.0. The van der Waals surface area contributed by atoms with E-state index in [4.69, 9.17) is 21.7 Å². The fourth-order valence-corrected chi connectivity index (χ4v) is 3.73. The zero-order valence-electron chi connectivity index (χ0n) is 16.1. The maximum Gasteiger partial charge on any atom is 0.270 e. The smallest absolute Gasteiger partial charge is 0.270 e. The van der Waals surface area contributed by atoms with Gasteiger partial charge in [-0.3, -0.25) is 19.8 Å². The number of carbonyl (C=O) groups is 2. The van der Waals surface area contributed by atoms with Crippen LogP contribution in [0, 0.1) is 0 Å². The Balaban J connectivity index is 2.04. The van der Waals surface area contributed by atoms with Crippen LogP contribution in [0.4, 0.5) is 5.69 Å². The van der Waals surface area contributed by atoms with Crippen molar-refractivity contribution in [1.82, 2.24) is 5.32 Å². The van der Waals surface area contributed by atoms with E-state index in [1.165, 1.54) is 18.1 Å². The largest absolute Gasteiger partial charge is 0.496 e. The molecule has 0 saturated carbocycles. The highest BCUT2D eigenvalue weighted by Crippen LogP contribution is 2.34. The average Bonchev–Trinajstić information content (AvgIpc) is 2.71. The Labute approximate surface area is 182 Å². The third-order valence-electron chi connectivity index (χ3n) is 4.51. The standard InChI is InChI=1S/C21H19BrN2O4S/c1-4-12-5-7-14(8-6-12)24-20(26)15(19(25)23-21(24)29)9-13-10-16(22)18(28-3)11-17(13)27-2/h5-11H,4H2,1-3H3,(H,23,25,29)/b15-9+. The molecule has 0 spiro atoms. The summed E-state index contributed by atoms with van der Waals surface area (Å²) in [6.07, 6.45) is 2.36. The van der Waals surface area contributed by atoms with Crippen molar-refractivity contribution in [3.63, 3.8) is 0 Å². The minimum Gasteiger partial charge on any atom is -0.496 e. The Morgan fingerprint density at radius 3 is 2.34 bits per heavy atom. The van der Waals surface area contributed by atoms with E-state index >= 15 is 0 Å². The number of carbonyl (C=O) groups excluding carboxylic acids is 2. The van der Waals surface area contributed by atoms with Crippen molar-refractivity contribution in [3.8, 4) is 11.5 Å². The summed E-state index contributed by atoms with van der Waals surface area (Å²) >= 11 is 8.65. The van der Waals surface area contributed by atoms with Crippen molar-refractivity contribution >= 4 is 56.8 Å². The fourth-order valence-electron chi connectivity index (χ4n) is 2.92. The number of thiocarbonyl (C=S) groups is 1. The summed E-state index contributed by atoms with van der Waals surface area (Å²) < 4.78 is 11.3. The van der Waals surface area contributed by atoms with Crippen LogP contribution < -0.4 is 19.7 Å². The van der Waals surface area contributed by atoms with Crippen molar-refractivity contribution in [2.75, 3.05) is 19.1 Å². The third-order valence-corrected chi connectivity index (χ3v) is 5.41. The predicted molar refractivity (Wildman–Crippen MR) is 119 cm³/mol. The Kier molecular flexibility index (Phi) is 6.34. The molecule has 1 fully saturated rings. The number of amides is 2. The zero-order valence-corrected chi connectivity index (χ0v) is 18.5. The number of anilines is 1. The summed E-state index contributed by atoms with van der Waals surface area (Å²) in [6.45, 7) is 2.05. The molecule has 1 aliphatic rings. The Morgan fingerprint density at radius 2 is 1.76 bits per heavy atom. The lowest BCUT2D eigenvalue weighted by atomic mass is 10.1. The van der Waals surface area contributed by atoms with E-state index in [2.05, 4.69) is 21.2 Å². The van der Waals surface area contributed by atoms with Gasteiger partial charge in [-0.05, 0) is 64.4 Å². The minimum absolute atomic E-state index is 0.0456. The number of ether oxygens (including phenoxy) is 2. The summed E-state index contributed by atoms with van der Waals surface area (Å²) in [7, 11) is 3.04. The molecule has 0 aliphatic carbocycles. The molecule has 1 saturated heterocycles. The molecular weight excluding hydrogens is 456 g/mol. The number of methoxy groups -OCH3 is 2. The highest BCUT2D eigenvalue weighted by molar-refractivity contribution is 9.10. The second-order valence-corrected chi connectivity index (χ2v) is 7.45. The van der Waals surface area contributed by atoms with E-state index in [9.17, 15) is 9.59 Å². The van der Waals surface area contributed by atoms with Gasteiger partial charge in [0.1, 0.15) is 17.1 Å². The second kappa shape index (κ2) is 8.75. The summed E-state index contributed by atoms with van der Waals surface area (Å²) in [4.78, 5) is 27.0. The zero-order chi connectivity index (χ0) is 21.1. The maximum atomic E-state index is 13.1. The highest BCUT2D eigenvalue weighted by atomic mass is 79.9. The monoisotopic (exact) mass is 474 g/mol. The van der Waals surface area contributed by atoms with Crippen LogP contribution in [0.3, 0.4) is 0 Å². The molecule has 0 radical (unpaired) electrons. The van der Waals surface area contributed by atoms with Gasteiger partial charge in [0.2, 0.25) is 0 Å². The fraction of sp³-hybridized carbons (Fsp3) is 0.190. The van der Waals surface area contributed by atoms with Crippen LogP contribution in [-0.4, -0.2) is 31.1 Å². The van der Waals surface area contributed by atoms with E-state index in [0.29, 0.717) is 27.2 Å². The van der Waals surface area contributed by atoms with Gasteiger partial charge in [0, 0.05) is 11.6 Å². The predicted octanol–water partition coefficient (Wildman–Crippen LogP) is 3.86. The van der Waals surface area contributed by atoms with Crippen LogP contribution in [0.1, 0.15) is 18.1 Å². The van der Waals surface area contributed by atoms with Gasteiger partial charge in [0.05, 0.1) is 24.4 Å². The van der Waals surface area contributed by atoms with Gasteiger partial charge in [-0.25, -0.2) is 0 Å². The number of halogens is 1. The van der Waals surface area contributed by atoms with Crippen LogP contribution >= 0.6 is 28.1 Å². The summed E-state index contributed by atoms with van der Waals surface area (Å²) in [5.41, 5.74) is 2.23. The lowest BCUT2D eigenvalue weighted by molar-refractivity contribution is -0.122. The number of aryl methyl sites for hydroxylation is 1. The van der Waals surface area contributed by atoms with E-state index < -0.39 is 11.8 Å². The lowest BCUT2D eigenvalue weighted by Gasteiger charge is -2.29. The Bertz CT molecular complexity index is 1020. The van der Waals surface area contributed by atoms with E-state index in [-0.39, 0.29) is 10.7 Å². The van der Waals surface area contributed by atoms with Crippen molar-refractivity contribution in [1.29, 1.82) is 0 Å². The molecule has 3 rings (SSSR count). The van der Waals surface area contributed by atoms with Gasteiger partial charge < -0.3 is 9.47 Å². The second-order valence-electron chi connectivity index (χ2n) is 6.21. The third kappa shape index (κ3) is 4.18. The summed E-state index contributed by atoms with van der Waals surface area (Å²) in [6, 6.07) is 10.9. The van der Waals surface area contributed by atoms with Crippen molar-refractivity contribution in [2.24, 2.45) is 0 Å². The number of hydrogen-bond donors (Lipinski definition) is 1. The summed E-state index contributed by atoms with van der Waals surface area (Å²) in [5.74, 6) is -0.0280. The topological polar surface area (TPSA) is 67.9 Å². The van der Waals surface area contributed by atoms with E-state index in [0.717, 1.165) is 12.0 Å². The van der Waals surface area contributed by atoms with Crippen molar-refractivity contribution in [3.05, 3.63) is 57.6 Å². The molecule has 2 aromatic rings. The molecule has 1 aliphatic heterocycles. The number of nitrogens with one attached hydrogen (secondary N) is 1. The van der Waals surface area contributed by atoms with Crippen LogP contribution in [0.25, 0.3) is 6.08 Å². The SMILES string of the molecule is CCc1ccc(N2C(=O)/C(=C/c3cc(Br)c(OC)cc3OC)C(=O)NC2=S)cc1. The lowest BCUT2D eigenvalue weighted by Crippen LogP contribution is -2.54. The quantitative estimate of drug-likeness (QED) is 0.404. The van der Waals surface area contributed by atoms with Gasteiger partial charge in [-0.1, -0.05) is 19.1 Å². The number of hydrogen-bond acceptors (Lipinski definition) is 5. The normalized spacial score (nSPS) is 15.5. The molecule has 6 nitrogen and oxygen atoms in total. The van der Waals surface area contributed by atoms with Gasteiger partial charge in [0.15, 0.2) is 5.11 Å².